The van der Waals surface area contributed by atoms with Crippen molar-refractivity contribution in [3.8, 4) is 5.88 Å². The van der Waals surface area contributed by atoms with Crippen LogP contribution >= 0.6 is 0 Å². The Kier molecular flexibility index (Phi) is 3.24. The summed E-state index contributed by atoms with van der Waals surface area (Å²) < 4.78 is 30.2. The third-order valence-corrected chi connectivity index (χ3v) is 2.30. The van der Waals surface area contributed by atoms with E-state index in [9.17, 15) is 8.78 Å². The zero-order chi connectivity index (χ0) is 11.6. The summed E-state index contributed by atoms with van der Waals surface area (Å²) in [5.41, 5.74) is 4.82. The van der Waals surface area contributed by atoms with Gasteiger partial charge in [-0.15, -0.1) is 0 Å². The van der Waals surface area contributed by atoms with Gasteiger partial charge in [0.05, 0.1) is 7.11 Å². The van der Waals surface area contributed by atoms with Gasteiger partial charge in [0.1, 0.15) is 5.54 Å². The van der Waals surface area contributed by atoms with Crippen molar-refractivity contribution in [1.82, 2.24) is 4.98 Å². The van der Waals surface area contributed by atoms with Gasteiger partial charge < -0.3 is 10.5 Å². The number of aromatic nitrogens is 1. The Morgan fingerprint density at radius 1 is 1.53 bits per heavy atom. The second kappa shape index (κ2) is 4.10. The van der Waals surface area contributed by atoms with Crippen LogP contribution in [0.25, 0.3) is 0 Å². The van der Waals surface area contributed by atoms with E-state index in [0.29, 0.717) is 17.0 Å². The third kappa shape index (κ3) is 2.23. The van der Waals surface area contributed by atoms with Gasteiger partial charge in [0.2, 0.25) is 5.88 Å². The third-order valence-electron chi connectivity index (χ3n) is 2.30. The molecule has 0 aliphatic heterocycles. The Bertz CT molecular complexity index is 353. The molecule has 0 aromatic carbocycles. The van der Waals surface area contributed by atoms with Crippen molar-refractivity contribution in [2.24, 2.45) is 5.73 Å². The maximum atomic E-state index is 12.6. The average molecular weight is 216 g/mol. The zero-order valence-corrected chi connectivity index (χ0v) is 8.92. The van der Waals surface area contributed by atoms with E-state index in [0.717, 1.165) is 0 Å². The highest BCUT2D eigenvalue weighted by molar-refractivity contribution is 5.32. The lowest BCUT2D eigenvalue weighted by Crippen LogP contribution is -2.40. The smallest absolute Gasteiger partial charge is 0.260 e. The van der Waals surface area contributed by atoms with E-state index in [1.165, 1.54) is 20.2 Å². The Morgan fingerprint density at radius 3 is 2.53 bits per heavy atom. The molecular formula is C10H14F2N2O. The number of rotatable bonds is 3. The van der Waals surface area contributed by atoms with Crippen LogP contribution in [0, 0.1) is 6.92 Å². The highest BCUT2D eigenvalue weighted by atomic mass is 19.3. The predicted molar refractivity (Wildman–Crippen MR) is 53.1 cm³/mol. The molecule has 0 aliphatic carbocycles. The van der Waals surface area contributed by atoms with Crippen LogP contribution in [0.5, 0.6) is 5.88 Å². The summed E-state index contributed by atoms with van der Waals surface area (Å²) in [7, 11) is 1.48. The lowest BCUT2D eigenvalue weighted by atomic mass is 9.94. The number of pyridine rings is 1. The highest BCUT2D eigenvalue weighted by Crippen LogP contribution is 2.27. The standard InChI is InChI=1S/C10H14F2N2O/c1-6-4-7(5-14-8(6)15-3)10(2,13)9(11)12/h4-5,9H,13H2,1-3H3. The molecule has 1 heterocycles. The molecule has 1 aromatic heterocycles. The minimum absolute atomic E-state index is 0.302. The fourth-order valence-electron chi connectivity index (χ4n) is 1.20. The van der Waals surface area contributed by atoms with E-state index >= 15 is 0 Å². The summed E-state index contributed by atoms with van der Waals surface area (Å²) in [6, 6.07) is 1.57. The van der Waals surface area contributed by atoms with Gasteiger partial charge in [-0.25, -0.2) is 13.8 Å². The monoisotopic (exact) mass is 216 g/mol. The molecule has 0 aliphatic rings. The summed E-state index contributed by atoms with van der Waals surface area (Å²) in [6.07, 6.45) is -1.31. The van der Waals surface area contributed by atoms with E-state index < -0.39 is 12.0 Å². The molecule has 1 unspecified atom stereocenters. The molecule has 0 bridgehead atoms. The molecule has 0 saturated heterocycles. The molecule has 1 rings (SSSR count). The van der Waals surface area contributed by atoms with Gasteiger partial charge in [0.25, 0.3) is 6.43 Å². The molecule has 0 radical (unpaired) electrons. The summed E-state index contributed by atoms with van der Waals surface area (Å²) in [5, 5.41) is 0. The summed E-state index contributed by atoms with van der Waals surface area (Å²) in [6.45, 7) is 3.01. The number of nitrogens with zero attached hydrogens (tertiary/aromatic N) is 1. The lowest BCUT2D eigenvalue weighted by Gasteiger charge is -2.24. The number of halogens is 2. The average Bonchev–Trinajstić information content (AvgIpc) is 2.17. The minimum atomic E-state index is -2.63. The minimum Gasteiger partial charge on any atom is -0.481 e. The molecule has 2 N–H and O–H groups in total. The van der Waals surface area contributed by atoms with Crippen molar-refractivity contribution in [1.29, 1.82) is 0 Å². The van der Waals surface area contributed by atoms with Crippen LogP contribution in [0.4, 0.5) is 8.78 Å². The van der Waals surface area contributed by atoms with Gasteiger partial charge in [-0.2, -0.15) is 0 Å². The number of ether oxygens (including phenoxy) is 1. The molecule has 0 fully saturated rings. The summed E-state index contributed by atoms with van der Waals surface area (Å²) in [5.74, 6) is 0.420. The number of methoxy groups -OCH3 is 1. The number of nitrogens with two attached hydrogens (primary N) is 1. The number of alkyl halides is 2. The quantitative estimate of drug-likeness (QED) is 0.838. The van der Waals surface area contributed by atoms with Crippen molar-refractivity contribution in [3.05, 3.63) is 23.4 Å². The van der Waals surface area contributed by atoms with Crippen LogP contribution in [0.2, 0.25) is 0 Å². The highest BCUT2D eigenvalue weighted by Gasteiger charge is 2.33. The van der Waals surface area contributed by atoms with Gasteiger partial charge in [0, 0.05) is 11.8 Å². The first kappa shape index (κ1) is 11.8. The Balaban J connectivity index is 3.12. The van der Waals surface area contributed by atoms with E-state index in [1.807, 2.05) is 0 Å². The second-order valence-corrected chi connectivity index (χ2v) is 3.63. The predicted octanol–water partition coefficient (Wildman–Crippen LogP) is 1.84. The molecule has 3 nitrogen and oxygen atoms in total. The van der Waals surface area contributed by atoms with Crippen LogP contribution in [0.15, 0.2) is 12.3 Å². The fourth-order valence-corrected chi connectivity index (χ4v) is 1.20. The molecule has 0 amide bonds. The van der Waals surface area contributed by atoms with E-state index in [1.54, 1.807) is 13.0 Å². The van der Waals surface area contributed by atoms with Crippen LogP contribution < -0.4 is 10.5 Å². The lowest BCUT2D eigenvalue weighted by molar-refractivity contribution is 0.0622. The summed E-state index contributed by atoms with van der Waals surface area (Å²) >= 11 is 0. The fraction of sp³-hybridized carbons (Fsp3) is 0.500. The summed E-state index contributed by atoms with van der Waals surface area (Å²) in [4.78, 5) is 3.91. The van der Waals surface area contributed by atoms with Gasteiger partial charge in [-0.05, 0) is 25.5 Å². The number of hydrogen-bond donors (Lipinski definition) is 1. The van der Waals surface area contributed by atoms with Crippen LogP contribution in [0.1, 0.15) is 18.1 Å². The van der Waals surface area contributed by atoms with Gasteiger partial charge in [-0.3, -0.25) is 0 Å². The van der Waals surface area contributed by atoms with Crippen molar-refractivity contribution in [2.45, 2.75) is 25.8 Å². The van der Waals surface area contributed by atoms with Crippen LogP contribution in [-0.2, 0) is 5.54 Å². The topological polar surface area (TPSA) is 48.1 Å². The van der Waals surface area contributed by atoms with Gasteiger partial charge >= 0.3 is 0 Å². The molecule has 5 heteroatoms. The van der Waals surface area contributed by atoms with Crippen LogP contribution in [-0.4, -0.2) is 18.5 Å². The first-order valence-corrected chi connectivity index (χ1v) is 4.47. The van der Waals surface area contributed by atoms with Crippen molar-refractivity contribution >= 4 is 0 Å². The van der Waals surface area contributed by atoms with E-state index in [4.69, 9.17) is 10.5 Å². The molecule has 84 valence electrons. The molecule has 1 aromatic rings. The Morgan fingerprint density at radius 2 is 2.13 bits per heavy atom. The van der Waals surface area contributed by atoms with Crippen LogP contribution in [0.3, 0.4) is 0 Å². The van der Waals surface area contributed by atoms with Crippen molar-refractivity contribution in [3.63, 3.8) is 0 Å². The maximum Gasteiger partial charge on any atom is 0.260 e. The van der Waals surface area contributed by atoms with Crippen molar-refractivity contribution in [2.75, 3.05) is 7.11 Å². The Hall–Kier alpha value is -1.23. The normalized spacial score (nSPS) is 15.1. The van der Waals surface area contributed by atoms with Gasteiger partial charge in [0.15, 0.2) is 0 Å². The molecule has 0 spiro atoms. The molecule has 15 heavy (non-hydrogen) atoms. The largest absolute Gasteiger partial charge is 0.481 e. The second-order valence-electron chi connectivity index (χ2n) is 3.63. The number of aryl methyl sites for hydroxylation is 1. The zero-order valence-electron chi connectivity index (χ0n) is 8.92. The van der Waals surface area contributed by atoms with Crippen molar-refractivity contribution < 1.29 is 13.5 Å². The first-order valence-electron chi connectivity index (χ1n) is 4.47. The van der Waals surface area contributed by atoms with E-state index in [-0.39, 0.29) is 0 Å². The maximum absolute atomic E-state index is 12.6. The van der Waals surface area contributed by atoms with E-state index in [2.05, 4.69) is 4.98 Å². The Labute approximate surface area is 87.3 Å². The SMILES string of the molecule is COc1ncc(C(C)(N)C(F)F)cc1C. The number of hydrogen-bond acceptors (Lipinski definition) is 3. The first-order chi connectivity index (χ1) is 6.89. The van der Waals surface area contributed by atoms with Gasteiger partial charge in [-0.1, -0.05) is 0 Å². The molecule has 1 atom stereocenters. The molecular weight excluding hydrogens is 202 g/mol. The molecule has 0 saturated carbocycles.